The third kappa shape index (κ3) is 0.999. The Kier molecular flexibility index (Phi) is 1.58. The molecule has 2 rings (SSSR count). The standard InChI is InChI=1S/C10H11NO3/c1-10(2)6-4-5-11(3)8(12)7(6)9(13)14-10/h4-5H,1-3H3. The summed E-state index contributed by atoms with van der Waals surface area (Å²) in [5, 5.41) is 0. The lowest BCUT2D eigenvalue weighted by atomic mass is 9.98. The minimum absolute atomic E-state index is 0.167. The first kappa shape index (κ1) is 8.99. The number of hydrogen-bond acceptors (Lipinski definition) is 3. The lowest BCUT2D eigenvalue weighted by Crippen LogP contribution is -2.23. The van der Waals surface area contributed by atoms with E-state index in [2.05, 4.69) is 0 Å². The predicted octanol–water partition coefficient (Wildman–Crippen LogP) is 0.791. The molecule has 4 nitrogen and oxygen atoms in total. The molecular weight excluding hydrogens is 182 g/mol. The molecule has 0 unspecified atom stereocenters. The number of esters is 1. The van der Waals surface area contributed by atoms with Gasteiger partial charge in [-0.2, -0.15) is 0 Å². The Morgan fingerprint density at radius 1 is 1.36 bits per heavy atom. The third-order valence-electron chi connectivity index (χ3n) is 2.47. The summed E-state index contributed by atoms with van der Waals surface area (Å²) in [6.45, 7) is 3.55. The van der Waals surface area contributed by atoms with Crippen LogP contribution in [0.15, 0.2) is 17.1 Å². The van der Waals surface area contributed by atoms with Crippen molar-refractivity contribution in [2.45, 2.75) is 19.4 Å². The fraction of sp³-hybridized carbons (Fsp3) is 0.400. The van der Waals surface area contributed by atoms with E-state index in [0.717, 1.165) is 0 Å². The number of fused-ring (bicyclic) bond motifs is 1. The van der Waals surface area contributed by atoms with E-state index in [0.29, 0.717) is 5.56 Å². The predicted molar refractivity (Wildman–Crippen MR) is 50.1 cm³/mol. The SMILES string of the molecule is Cn1ccc2c(c1=O)C(=O)OC2(C)C. The molecule has 0 atom stereocenters. The van der Waals surface area contributed by atoms with E-state index in [-0.39, 0.29) is 11.1 Å². The van der Waals surface area contributed by atoms with Gasteiger partial charge in [0.05, 0.1) is 0 Å². The molecule has 1 aliphatic heterocycles. The first-order valence-corrected chi connectivity index (χ1v) is 4.37. The Morgan fingerprint density at radius 2 is 2.00 bits per heavy atom. The smallest absolute Gasteiger partial charge is 0.345 e. The molecule has 1 aromatic heterocycles. The van der Waals surface area contributed by atoms with Crippen molar-refractivity contribution in [3.63, 3.8) is 0 Å². The fourth-order valence-corrected chi connectivity index (χ4v) is 1.67. The topological polar surface area (TPSA) is 48.3 Å². The number of aromatic nitrogens is 1. The summed E-state index contributed by atoms with van der Waals surface area (Å²) >= 11 is 0. The van der Waals surface area contributed by atoms with E-state index in [1.54, 1.807) is 33.2 Å². The lowest BCUT2D eigenvalue weighted by Gasteiger charge is -2.17. The molecule has 0 saturated carbocycles. The van der Waals surface area contributed by atoms with Crippen LogP contribution >= 0.6 is 0 Å². The maximum absolute atomic E-state index is 11.6. The molecule has 0 fully saturated rings. The summed E-state index contributed by atoms with van der Waals surface area (Å²) in [5.74, 6) is -0.522. The zero-order valence-electron chi connectivity index (χ0n) is 8.33. The van der Waals surface area contributed by atoms with Gasteiger partial charge in [0.15, 0.2) is 0 Å². The number of hydrogen-bond donors (Lipinski definition) is 0. The van der Waals surface area contributed by atoms with Crippen molar-refractivity contribution >= 4 is 5.97 Å². The van der Waals surface area contributed by atoms with Gasteiger partial charge < -0.3 is 9.30 Å². The number of ether oxygens (including phenoxy) is 1. The van der Waals surface area contributed by atoms with E-state index >= 15 is 0 Å². The van der Waals surface area contributed by atoms with E-state index in [1.165, 1.54) is 4.57 Å². The molecule has 74 valence electrons. The van der Waals surface area contributed by atoms with Gasteiger partial charge in [-0.1, -0.05) is 0 Å². The second-order valence-corrected chi connectivity index (χ2v) is 3.92. The van der Waals surface area contributed by atoms with Gasteiger partial charge in [0.25, 0.3) is 5.56 Å². The summed E-state index contributed by atoms with van der Waals surface area (Å²) in [6, 6.07) is 1.75. The van der Waals surface area contributed by atoms with Crippen molar-refractivity contribution in [1.82, 2.24) is 4.57 Å². The Bertz CT molecular complexity index is 471. The average molecular weight is 193 g/mol. The minimum Gasteiger partial charge on any atom is -0.451 e. The number of carbonyl (C=O) groups is 1. The number of carbonyl (C=O) groups excluding carboxylic acids is 1. The maximum atomic E-state index is 11.6. The quantitative estimate of drug-likeness (QED) is 0.572. The van der Waals surface area contributed by atoms with Crippen LogP contribution in [0.2, 0.25) is 0 Å². The zero-order valence-corrected chi connectivity index (χ0v) is 8.33. The molecule has 0 bridgehead atoms. The molecule has 14 heavy (non-hydrogen) atoms. The van der Waals surface area contributed by atoms with Crippen LogP contribution in [-0.2, 0) is 17.4 Å². The van der Waals surface area contributed by atoms with Crippen molar-refractivity contribution in [2.24, 2.45) is 7.05 Å². The van der Waals surface area contributed by atoms with Crippen LogP contribution in [0.25, 0.3) is 0 Å². The van der Waals surface area contributed by atoms with Gasteiger partial charge in [0, 0.05) is 18.8 Å². The van der Waals surface area contributed by atoms with E-state index in [9.17, 15) is 9.59 Å². The largest absolute Gasteiger partial charge is 0.451 e. The van der Waals surface area contributed by atoms with Crippen molar-refractivity contribution in [3.8, 4) is 0 Å². The van der Waals surface area contributed by atoms with Gasteiger partial charge in [-0.3, -0.25) is 4.79 Å². The highest BCUT2D eigenvalue weighted by molar-refractivity contribution is 5.94. The number of aryl methyl sites for hydroxylation is 1. The number of rotatable bonds is 0. The lowest BCUT2D eigenvalue weighted by molar-refractivity contribution is 0.00950. The molecule has 1 aliphatic rings. The second kappa shape index (κ2) is 2.47. The molecule has 2 heterocycles. The second-order valence-electron chi connectivity index (χ2n) is 3.92. The zero-order chi connectivity index (χ0) is 10.5. The first-order chi connectivity index (χ1) is 6.43. The van der Waals surface area contributed by atoms with Crippen molar-refractivity contribution in [2.75, 3.05) is 0 Å². The Labute approximate surface area is 81.1 Å². The van der Waals surface area contributed by atoms with E-state index in [4.69, 9.17) is 4.74 Å². The number of cyclic esters (lactones) is 1. The van der Waals surface area contributed by atoms with Gasteiger partial charge in [0.2, 0.25) is 0 Å². The first-order valence-electron chi connectivity index (χ1n) is 4.37. The number of nitrogens with zero attached hydrogens (tertiary/aromatic N) is 1. The van der Waals surface area contributed by atoms with Crippen molar-refractivity contribution < 1.29 is 9.53 Å². The van der Waals surface area contributed by atoms with Crippen LogP contribution in [0.1, 0.15) is 29.8 Å². The summed E-state index contributed by atoms with van der Waals surface area (Å²) in [6.07, 6.45) is 1.64. The monoisotopic (exact) mass is 193 g/mol. The fourth-order valence-electron chi connectivity index (χ4n) is 1.67. The molecule has 0 aromatic carbocycles. The Morgan fingerprint density at radius 3 is 2.64 bits per heavy atom. The molecule has 0 aliphatic carbocycles. The summed E-state index contributed by atoms with van der Waals surface area (Å²) in [4.78, 5) is 23.0. The highest BCUT2D eigenvalue weighted by atomic mass is 16.6. The highest BCUT2D eigenvalue weighted by Crippen LogP contribution is 2.33. The Hall–Kier alpha value is -1.58. The van der Waals surface area contributed by atoms with E-state index in [1.807, 2.05) is 0 Å². The van der Waals surface area contributed by atoms with Crippen molar-refractivity contribution in [1.29, 1.82) is 0 Å². The third-order valence-corrected chi connectivity index (χ3v) is 2.47. The van der Waals surface area contributed by atoms with Gasteiger partial charge in [-0.15, -0.1) is 0 Å². The maximum Gasteiger partial charge on any atom is 0.345 e. The van der Waals surface area contributed by atoms with Crippen LogP contribution in [0.5, 0.6) is 0 Å². The van der Waals surface area contributed by atoms with Gasteiger partial charge in [-0.05, 0) is 19.9 Å². The molecule has 0 spiro atoms. The van der Waals surface area contributed by atoms with E-state index < -0.39 is 11.6 Å². The molecule has 0 N–H and O–H groups in total. The molecule has 0 amide bonds. The molecule has 1 aromatic rings. The summed E-state index contributed by atoms with van der Waals surface area (Å²) in [7, 11) is 1.61. The molecule has 4 heteroatoms. The number of pyridine rings is 1. The van der Waals surface area contributed by atoms with Gasteiger partial charge >= 0.3 is 5.97 Å². The normalized spacial score (nSPS) is 17.8. The van der Waals surface area contributed by atoms with Crippen LogP contribution in [0.3, 0.4) is 0 Å². The van der Waals surface area contributed by atoms with Crippen LogP contribution < -0.4 is 5.56 Å². The average Bonchev–Trinajstić information content (AvgIpc) is 2.29. The Balaban J connectivity index is 2.82. The molecule has 0 radical (unpaired) electrons. The molecular formula is C10H11NO3. The molecule has 0 saturated heterocycles. The van der Waals surface area contributed by atoms with Gasteiger partial charge in [0.1, 0.15) is 11.2 Å². The minimum atomic E-state index is -0.681. The highest BCUT2D eigenvalue weighted by Gasteiger charge is 2.39. The van der Waals surface area contributed by atoms with Crippen molar-refractivity contribution in [3.05, 3.63) is 33.7 Å². The van der Waals surface area contributed by atoms with Crippen LogP contribution in [0.4, 0.5) is 0 Å². The summed E-state index contributed by atoms with van der Waals surface area (Å²) < 4.78 is 6.48. The summed E-state index contributed by atoms with van der Waals surface area (Å²) in [5.41, 5.74) is -0.136. The van der Waals surface area contributed by atoms with Crippen LogP contribution in [-0.4, -0.2) is 10.5 Å². The van der Waals surface area contributed by atoms with Gasteiger partial charge in [-0.25, -0.2) is 4.79 Å². The van der Waals surface area contributed by atoms with Crippen LogP contribution in [0, 0.1) is 0 Å².